The number of thiophene rings is 1. The van der Waals surface area contributed by atoms with Gasteiger partial charge in [-0.05, 0) is 53.9 Å². The van der Waals surface area contributed by atoms with E-state index < -0.39 is 0 Å². The van der Waals surface area contributed by atoms with Crippen LogP contribution in [0.3, 0.4) is 0 Å². The molecular formula is C13H21BrN2S. The van der Waals surface area contributed by atoms with Crippen LogP contribution in [0.15, 0.2) is 15.9 Å². The highest BCUT2D eigenvalue weighted by atomic mass is 79.9. The standard InChI is InChI=1S/C13H21BrN2S/c14-12-5-4-11(17-12)10-16-9-8-13(15)6-2-1-3-7-13/h4-5,16H,1-3,6-10,15H2. The van der Waals surface area contributed by atoms with Crippen LogP contribution in [0.5, 0.6) is 0 Å². The molecule has 1 fully saturated rings. The van der Waals surface area contributed by atoms with Gasteiger partial charge in [-0.3, -0.25) is 0 Å². The summed E-state index contributed by atoms with van der Waals surface area (Å²) < 4.78 is 1.21. The van der Waals surface area contributed by atoms with Gasteiger partial charge in [-0.25, -0.2) is 0 Å². The second-order valence-corrected chi connectivity index (χ2v) is 7.60. The maximum atomic E-state index is 6.40. The first-order valence-corrected chi connectivity index (χ1v) is 8.03. The molecule has 1 aromatic heterocycles. The number of nitrogens with two attached hydrogens (primary N) is 1. The Bertz CT molecular complexity index is 345. The minimum absolute atomic E-state index is 0.112. The third-order valence-electron chi connectivity index (χ3n) is 3.58. The Kier molecular flexibility index (Phi) is 5.03. The molecule has 4 heteroatoms. The SMILES string of the molecule is NC1(CCNCc2ccc(Br)s2)CCCCC1. The van der Waals surface area contributed by atoms with Crippen molar-refractivity contribution in [3.05, 3.63) is 20.8 Å². The van der Waals surface area contributed by atoms with Crippen molar-refractivity contribution in [3.63, 3.8) is 0 Å². The van der Waals surface area contributed by atoms with Gasteiger partial charge in [0.25, 0.3) is 0 Å². The molecule has 1 aliphatic carbocycles. The summed E-state index contributed by atoms with van der Waals surface area (Å²) in [5.41, 5.74) is 6.51. The third-order valence-corrected chi connectivity index (χ3v) is 5.20. The van der Waals surface area contributed by atoms with Crippen molar-refractivity contribution in [2.75, 3.05) is 6.54 Å². The molecule has 1 saturated carbocycles. The van der Waals surface area contributed by atoms with Crippen LogP contribution in [-0.4, -0.2) is 12.1 Å². The molecule has 1 aliphatic rings. The minimum Gasteiger partial charge on any atom is -0.325 e. The number of hydrogen-bond donors (Lipinski definition) is 2. The molecule has 0 atom stereocenters. The van der Waals surface area contributed by atoms with Gasteiger partial charge in [0.2, 0.25) is 0 Å². The lowest BCUT2D eigenvalue weighted by molar-refractivity contribution is 0.275. The predicted molar refractivity (Wildman–Crippen MR) is 78.3 cm³/mol. The van der Waals surface area contributed by atoms with E-state index in [0.29, 0.717) is 0 Å². The summed E-state index contributed by atoms with van der Waals surface area (Å²) in [6.45, 7) is 2.00. The molecular weight excluding hydrogens is 296 g/mol. The van der Waals surface area contributed by atoms with Gasteiger partial charge in [0.05, 0.1) is 3.79 Å². The molecule has 1 aromatic rings. The monoisotopic (exact) mass is 316 g/mol. The zero-order valence-electron chi connectivity index (χ0n) is 10.2. The topological polar surface area (TPSA) is 38.0 Å². The van der Waals surface area contributed by atoms with E-state index in [2.05, 4.69) is 33.4 Å². The van der Waals surface area contributed by atoms with Gasteiger partial charge in [0.1, 0.15) is 0 Å². The smallest absolute Gasteiger partial charge is 0.0701 e. The van der Waals surface area contributed by atoms with E-state index in [-0.39, 0.29) is 5.54 Å². The van der Waals surface area contributed by atoms with Crippen molar-refractivity contribution in [1.29, 1.82) is 0 Å². The van der Waals surface area contributed by atoms with E-state index in [1.165, 1.54) is 40.8 Å². The van der Waals surface area contributed by atoms with Crippen LogP contribution in [0.25, 0.3) is 0 Å². The highest BCUT2D eigenvalue weighted by Crippen LogP contribution is 2.28. The van der Waals surface area contributed by atoms with Gasteiger partial charge in [-0.2, -0.15) is 0 Å². The van der Waals surface area contributed by atoms with Crippen molar-refractivity contribution in [1.82, 2.24) is 5.32 Å². The second-order valence-electron chi connectivity index (χ2n) is 5.06. The Balaban J connectivity index is 1.65. The predicted octanol–water partition coefficient (Wildman–Crippen LogP) is 3.65. The van der Waals surface area contributed by atoms with Crippen molar-refractivity contribution >= 4 is 27.3 Å². The molecule has 0 amide bonds. The number of nitrogens with one attached hydrogen (secondary N) is 1. The van der Waals surface area contributed by atoms with Crippen LogP contribution in [0.2, 0.25) is 0 Å². The van der Waals surface area contributed by atoms with Gasteiger partial charge in [-0.1, -0.05) is 19.3 Å². The first kappa shape index (κ1) is 13.5. The van der Waals surface area contributed by atoms with Crippen LogP contribution in [0.1, 0.15) is 43.4 Å². The molecule has 1 heterocycles. The Morgan fingerprint density at radius 3 is 2.71 bits per heavy atom. The lowest BCUT2D eigenvalue weighted by Gasteiger charge is -2.33. The second kappa shape index (κ2) is 6.32. The molecule has 0 bridgehead atoms. The maximum Gasteiger partial charge on any atom is 0.0701 e. The van der Waals surface area contributed by atoms with Gasteiger partial charge in [-0.15, -0.1) is 11.3 Å². The summed E-state index contributed by atoms with van der Waals surface area (Å²) in [4.78, 5) is 1.38. The number of halogens is 1. The van der Waals surface area contributed by atoms with Gasteiger partial charge >= 0.3 is 0 Å². The summed E-state index contributed by atoms with van der Waals surface area (Å²) in [6.07, 6.45) is 7.52. The van der Waals surface area contributed by atoms with E-state index in [4.69, 9.17) is 5.73 Å². The van der Waals surface area contributed by atoms with E-state index in [0.717, 1.165) is 19.5 Å². The highest BCUT2D eigenvalue weighted by molar-refractivity contribution is 9.11. The zero-order chi connectivity index (χ0) is 12.1. The van der Waals surface area contributed by atoms with E-state index in [9.17, 15) is 0 Å². The lowest BCUT2D eigenvalue weighted by Crippen LogP contribution is -2.43. The van der Waals surface area contributed by atoms with Gasteiger partial charge in [0.15, 0.2) is 0 Å². The molecule has 0 radical (unpaired) electrons. The van der Waals surface area contributed by atoms with Crippen LogP contribution in [0, 0.1) is 0 Å². The van der Waals surface area contributed by atoms with Crippen LogP contribution in [-0.2, 0) is 6.54 Å². The molecule has 0 saturated heterocycles. The van der Waals surface area contributed by atoms with Crippen molar-refractivity contribution in [2.45, 2.75) is 50.6 Å². The average molecular weight is 317 g/mol. The first-order chi connectivity index (χ1) is 8.18. The fourth-order valence-electron chi connectivity index (χ4n) is 2.50. The summed E-state index contributed by atoms with van der Waals surface area (Å²) in [6, 6.07) is 4.27. The molecule has 0 unspecified atom stereocenters. The minimum atomic E-state index is 0.112. The van der Waals surface area contributed by atoms with Crippen molar-refractivity contribution < 1.29 is 0 Å². The van der Waals surface area contributed by atoms with Crippen molar-refractivity contribution in [2.24, 2.45) is 5.73 Å². The number of rotatable bonds is 5. The Hall–Kier alpha value is 0.1000. The molecule has 0 spiro atoms. The summed E-state index contributed by atoms with van der Waals surface area (Å²) in [5, 5.41) is 3.50. The van der Waals surface area contributed by atoms with Crippen LogP contribution in [0.4, 0.5) is 0 Å². The first-order valence-electron chi connectivity index (χ1n) is 6.42. The molecule has 3 N–H and O–H groups in total. The van der Waals surface area contributed by atoms with Crippen molar-refractivity contribution in [3.8, 4) is 0 Å². The Morgan fingerprint density at radius 1 is 1.29 bits per heavy atom. The van der Waals surface area contributed by atoms with Crippen LogP contribution >= 0.6 is 27.3 Å². The van der Waals surface area contributed by atoms with Gasteiger partial charge < -0.3 is 11.1 Å². The van der Waals surface area contributed by atoms with E-state index in [1.54, 1.807) is 11.3 Å². The third kappa shape index (κ3) is 4.36. The lowest BCUT2D eigenvalue weighted by atomic mass is 9.80. The van der Waals surface area contributed by atoms with Crippen LogP contribution < -0.4 is 11.1 Å². The maximum absolute atomic E-state index is 6.40. The molecule has 96 valence electrons. The zero-order valence-corrected chi connectivity index (χ0v) is 12.6. The summed E-state index contributed by atoms with van der Waals surface area (Å²) in [5.74, 6) is 0. The Labute approximate surface area is 116 Å². The molecule has 2 rings (SSSR count). The Morgan fingerprint density at radius 2 is 2.06 bits per heavy atom. The molecule has 0 aromatic carbocycles. The molecule has 0 aliphatic heterocycles. The van der Waals surface area contributed by atoms with E-state index in [1.807, 2.05) is 0 Å². The normalized spacial score (nSPS) is 19.4. The molecule has 2 nitrogen and oxygen atoms in total. The van der Waals surface area contributed by atoms with Gasteiger partial charge in [0, 0.05) is 17.0 Å². The number of hydrogen-bond acceptors (Lipinski definition) is 3. The fraction of sp³-hybridized carbons (Fsp3) is 0.692. The summed E-state index contributed by atoms with van der Waals surface area (Å²) in [7, 11) is 0. The summed E-state index contributed by atoms with van der Waals surface area (Å²) >= 11 is 5.28. The largest absolute Gasteiger partial charge is 0.325 e. The fourth-order valence-corrected chi connectivity index (χ4v) is 3.95. The quantitative estimate of drug-likeness (QED) is 0.814. The highest BCUT2D eigenvalue weighted by Gasteiger charge is 2.26. The average Bonchev–Trinajstić information content (AvgIpc) is 2.72. The van der Waals surface area contributed by atoms with E-state index >= 15 is 0 Å². The molecule has 17 heavy (non-hydrogen) atoms.